The van der Waals surface area contributed by atoms with E-state index in [4.69, 9.17) is 10.5 Å². The Hall–Kier alpha value is -1.91. The lowest BCUT2D eigenvalue weighted by molar-refractivity contribution is 0.186. The average molecular weight is 300 g/mol. The second kappa shape index (κ2) is 7.38. The van der Waals surface area contributed by atoms with Crippen LogP contribution in [0.25, 0.3) is 0 Å². The molecule has 0 aliphatic carbocycles. The number of nitrogens with two attached hydrogens (primary N) is 1. The highest BCUT2D eigenvalue weighted by molar-refractivity contribution is 5.32. The predicted molar refractivity (Wildman–Crippen MR) is 89.1 cm³/mol. The van der Waals surface area contributed by atoms with Gasteiger partial charge in [-0.15, -0.1) is 0 Å². The maximum Gasteiger partial charge on any atom is 0.255 e. The topological polar surface area (TPSA) is 57.2 Å². The molecule has 0 saturated carbocycles. The van der Waals surface area contributed by atoms with Crippen LogP contribution in [0.2, 0.25) is 0 Å². The largest absolute Gasteiger partial charge is 0.383 e. The standard InChI is InChI=1S/C18H24N2O2/c1-13(2)14-6-8-15(9-7-14)17(19)16-5-4-10-20(18(16)21)11-12-22-3/h4-10,13,17H,11-12,19H2,1-3H3. The maximum absolute atomic E-state index is 12.5. The third-order valence-corrected chi connectivity index (χ3v) is 3.88. The van der Waals surface area contributed by atoms with Gasteiger partial charge in [0.25, 0.3) is 5.56 Å². The number of benzene rings is 1. The van der Waals surface area contributed by atoms with Crippen molar-refractivity contribution in [2.24, 2.45) is 5.73 Å². The molecular formula is C18H24N2O2. The summed E-state index contributed by atoms with van der Waals surface area (Å²) in [6.45, 7) is 5.34. The van der Waals surface area contributed by atoms with Crippen molar-refractivity contribution in [2.75, 3.05) is 13.7 Å². The van der Waals surface area contributed by atoms with Gasteiger partial charge in [-0.25, -0.2) is 0 Å². The van der Waals surface area contributed by atoms with Gasteiger partial charge in [0.15, 0.2) is 0 Å². The molecule has 0 radical (unpaired) electrons. The minimum absolute atomic E-state index is 0.0556. The molecule has 2 aromatic rings. The number of hydrogen-bond acceptors (Lipinski definition) is 3. The number of aromatic nitrogens is 1. The second-order valence-corrected chi connectivity index (χ2v) is 5.75. The predicted octanol–water partition coefficient (Wildman–Crippen LogP) is 2.67. The Morgan fingerprint density at radius 3 is 2.36 bits per heavy atom. The highest BCUT2D eigenvalue weighted by Crippen LogP contribution is 2.20. The van der Waals surface area contributed by atoms with Crippen molar-refractivity contribution in [3.63, 3.8) is 0 Å². The van der Waals surface area contributed by atoms with Gasteiger partial charge in [0.1, 0.15) is 0 Å². The van der Waals surface area contributed by atoms with Gasteiger partial charge < -0.3 is 15.0 Å². The maximum atomic E-state index is 12.5. The number of rotatable bonds is 6. The van der Waals surface area contributed by atoms with Crippen LogP contribution in [0.1, 0.15) is 42.5 Å². The quantitative estimate of drug-likeness (QED) is 0.892. The molecule has 1 unspecified atom stereocenters. The molecule has 0 bridgehead atoms. The van der Waals surface area contributed by atoms with Crippen molar-refractivity contribution in [1.29, 1.82) is 0 Å². The summed E-state index contributed by atoms with van der Waals surface area (Å²) in [4.78, 5) is 12.5. The summed E-state index contributed by atoms with van der Waals surface area (Å²) in [7, 11) is 1.62. The van der Waals surface area contributed by atoms with Crippen LogP contribution in [0.15, 0.2) is 47.4 Å². The fourth-order valence-corrected chi connectivity index (χ4v) is 2.43. The molecule has 4 heteroatoms. The molecule has 1 aromatic carbocycles. The van der Waals surface area contributed by atoms with Crippen LogP contribution in [0, 0.1) is 0 Å². The van der Waals surface area contributed by atoms with Gasteiger partial charge in [-0.1, -0.05) is 44.2 Å². The first kappa shape index (κ1) is 16.5. The zero-order valence-corrected chi connectivity index (χ0v) is 13.5. The molecule has 0 saturated heterocycles. The Bertz CT molecular complexity index is 660. The Morgan fingerprint density at radius 2 is 1.77 bits per heavy atom. The van der Waals surface area contributed by atoms with Gasteiger partial charge >= 0.3 is 0 Å². The number of pyridine rings is 1. The molecule has 1 atom stereocenters. The molecule has 0 amide bonds. The minimum Gasteiger partial charge on any atom is -0.383 e. The average Bonchev–Trinajstić information content (AvgIpc) is 2.53. The van der Waals surface area contributed by atoms with Gasteiger partial charge in [0, 0.05) is 25.4 Å². The lowest BCUT2D eigenvalue weighted by atomic mass is 9.96. The number of methoxy groups -OCH3 is 1. The Morgan fingerprint density at radius 1 is 1.14 bits per heavy atom. The molecule has 22 heavy (non-hydrogen) atoms. The first-order valence-electron chi connectivity index (χ1n) is 7.58. The van der Waals surface area contributed by atoms with Gasteiger partial charge in [0.2, 0.25) is 0 Å². The fraction of sp³-hybridized carbons (Fsp3) is 0.389. The van der Waals surface area contributed by atoms with E-state index in [1.165, 1.54) is 5.56 Å². The molecule has 0 fully saturated rings. The summed E-state index contributed by atoms with van der Waals surface area (Å²) in [5, 5.41) is 0. The molecule has 2 rings (SSSR count). The van der Waals surface area contributed by atoms with E-state index in [2.05, 4.69) is 26.0 Å². The van der Waals surface area contributed by atoms with E-state index >= 15 is 0 Å². The molecule has 1 aromatic heterocycles. The lowest BCUT2D eigenvalue weighted by Crippen LogP contribution is -2.29. The van der Waals surface area contributed by atoms with E-state index in [1.54, 1.807) is 23.9 Å². The van der Waals surface area contributed by atoms with E-state index in [9.17, 15) is 4.79 Å². The van der Waals surface area contributed by atoms with Crippen LogP contribution in [0.4, 0.5) is 0 Å². The third kappa shape index (κ3) is 3.64. The molecule has 4 nitrogen and oxygen atoms in total. The summed E-state index contributed by atoms with van der Waals surface area (Å²) >= 11 is 0. The van der Waals surface area contributed by atoms with E-state index in [1.807, 2.05) is 18.2 Å². The zero-order chi connectivity index (χ0) is 16.1. The van der Waals surface area contributed by atoms with Crippen LogP contribution in [0.5, 0.6) is 0 Å². The molecule has 0 aliphatic rings. The SMILES string of the molecule is COCCn1cccc(C(N)c2ccc(C(C)C)cc2)c1=O. The van der Waals surface area contributed by atoms with E-state index in [0.717, 1.165) is 5.56 Å². The smallest absolute Gasteiger partial charge is 0.255 e. The first-order valence-corrected chi connectivity index (χ1v) is 7.58. The van der Waals surface area contributed by atoms with Crippen molar-refractivity contribution in [2.45, 2.75) is 32.4 Å². The molecular weight excluding hydrogens is 276 g/mol. The summed E-state index contributed by atoms with van der Waals surface area (Å²) < 4.78 is 6.67. The minimum atomic E-state index is -0.413. The summed E-state index contributed by atoms with van der Waals surface area (Å²) in [6.07, 6.45) is 1.76. The highest BCUT2D eigenvalue weighted by atomic mass is 16.5. The molecule has 0 spiro atoms. The van der Waals surface area contributed by atoms with Crippen LogP contribution in [-0.4, -0.2) is 18.3 Å². The first-order chi connectivity index (χ1) is 10.5. The molecule has 2 N–H and O–H groups in total. The van der Waals surface area contributed by atoms with Crippen LogP contribution in [-0.2, 0) is 11.3 Å². The van der Waals surface area contributed by atoms with Gasteiger partial charge in [-0.3, -0.25) is 4.79 Å². The van der Waals surface area contributed by atoms with Crippen LogP contribution >= 0.6 is 0 Å². The second-order valence-electron chi connectivity index (χ2n) is 5.75. The van der Waals surface area contributed by atoms with Crippen molar-refractivity contribution in [3.05, 3.63) is 69.6 Å². The van der Waals surface area contributed by atoms with Gasteiger partial charge in [-0.2, -0.15) is 0 Å². The van der Waals surface area contributed by atoms with Crippen molar-refractivity contribution in [3.8, 4) is 0 Å². The van der Waals surface area contributed by atoms with Crippen molar-refractivity contribution >= 4 is 0 Å². The lowest BCUT2D eigenvalue weighted by Gasteiger charge is -2.15. The number of nitrogens with zero attached hydrogens (tertiary/aromatic N) is 1. The Labute approximate surface area is 131 Å². The third-order valence-electron chi connectivity index (χ3n) is 3.88. The number of hydrogen-bond donors (Lipinski definition) is 1. The molecule has 0 aliphatic heterocycles. The number of ether oxygens (including phenoxy) is 1. The molecule has 1 heterocycles. The molecule has 118 valence electrons. The monoisotopic (exact) mass is 300 g/mol. The highest BCUT2D eigenvalue weighted by Gasteiger charge is 2.14. The van der Waals surface area contributed by atoms with Crippen LogP contribution in [0.3, 0.4) is 0 Å². The zero-order valence-electron chi connectivity index (χ0n) is 13.5. The summed E-state index contributed by atoms with van der Waals surface area (Å²) in [5.74, 6) is 0.480. The van der Waals surface area contributed by atoms with Crippen LogP contribution < -0.4 is 11.3 Å². The summed E-state index contributed by atoms with van der Waals surface area (Å²) in [6, 6.07) is 11.4. The fourth-order valence-electron chi connectivity index (χ4n) is 2.43. The Kier molecular flexibility index (Phi) is 5.52. The van der Waals surface area contributed by atoms with E-state index in [0.29, 0.717) is 24.6 Å². The van der Waals surface area contributed by atoms with E-state index < -0.39 is 6.04 Å². The van der Waals surface area contributed by atoms with E-state index in [-0.39, 0.29) is 5.56 Å². The normalized spacial score (nSPS) is 12.6. The Balaban J connectivity index is 2.29. The van der Waals surface area contributed by atoms with Crippen molar-refractivity contribution in [1.82, 2.24) is 4.57 Å². The van der Waals surface area contributed by atoms with Crippen molar-refractivity contribution < 1.29 is 4.74 Å². The van der Waals surface area contributed by atoms with Gasteiger partial charge in [0.05, 0.1) is 12.6 Å². The summed E-state index contributed by atoms with van der Waals surface area (Å²) in [5.41, 5.74) is 9.06. The van der Waals surface area contributed by atoms with Gasteiger partial charge in [-0.05, 0) is 23.1 Å².